The number of anilines is 1. The summed E-state index contributed by atoms with van der Waals surface area (Å²) in [5.41, 5.74) is 7.40. The molecule has 0 radical (unpaired) electrons. The van der Waals surface area contributed by atoms with E-state index in [4.69, 9.17) is 5.73 Å². The number of hydrogen-bond donors (Lipinski definition) is 2. The Morgan fingerprint density at radius 2 is 2.20 bits per heavy atom. The van der Waals surface area contributed by atoms with Crippen LogP contribution >= 0.6 is 0 Å². The van der Waals surface area contributed by atoms with E-state index in [2.05, 4.69) is 0 Å². The number of rotatable bonds is 2. The zero-order valence-electron chi connectivity index (χ0n) is 8.39. The number of hydrogen-bond acceptors (Lipinski definition) is 3. The Morgan fingerprint density at radius 3 is 2.80 bits per heavy atom. The van der Waals surface area contributed by atoms with Crippen LogP contribution in [-0.2, 0) is 11.3 Å². The number of carbonyl (C=O) groups is 1. The van der Waals surface area contributed by atoms with Gasteiger partial charge in [-0.3, -0.25) is 4.79 Å². The summed E-state index contributed by atoms with van der Waals surface area (Å²) in [6, 6.07) is 7.46. The second-order valence-electron chi connectivity index (χ2n) is 3.83. The lowest BCUT2D eigenvalue weighted by Crippen LogP contribution is -2.25. The molecule has 0 spiro atoms. The molecule has 0 saturated carbocycles. The van der Waals surface area contributed by atoms with Crippen molar-refractivity contribution in [2.45, 2.75) is 19.1 Å². The maximum absolute atomic E-state index is 11.4. The predicted octanol–water partition coefficient (Wildman–Crippen LogP) is 0.362. The van der Waals surface area contributed by atoms with E-state index in [0.717, 1.165) is 5.56 Å². The van der Waals surface area contributed by atoms with Crippen molar-refractivity contribution in [3.05, 3.63) is 29.8 Å². The van der Waals surface area contributed by atoms with Gasteiger partial charge in [0.2, 0.25) is 5.91 Å². The van der Waals surface area contributed by atoms with Crippen molar-refractivity contribution in [1.29, 1.82) is 0 Å². The highest BCUT2D eigenvalue weighted by atomic mass is 16.3. The molecule has 1 unspecified atom stereocenters. The summed E-state index contributed by atoms with van der Waals surface area (Å²) >= 11 is 0. The number of nitrogen functional groups attached to an aromatic ring is 1. The number of benzene rings is 1. The van der Waals surface area contributed by atoms with Gasteiger partial charge in [-0.15, -0.1) is 0 Å². The minimum atomic E-state index is -0.526. The molecule has 80 valence electrons. The summed E-state index contributed by atoms with van der Waals surface area (Å²) < 4.78 is 0. The number of nitrogens with zero attached hydrogens (tertiary/aromatic N) is 1. The number of aliphatic hydroxyl groups is 1. The summed E-state index contributed by atoms with van der Waals surface area (Å²) in [6.07, 6.45) is -0.297. The van der Waals surface area contributed by atoms with E-state index in [1.54, 1.807) is 4.90 Å². The summed E-state index contributed by atoms with van der Waals surface area (Å²) in [5.74, 6) is -0.00856. The highest BCUT2D eigenvalue weighted by molar-refractivity contribution is 5.79. The Hall–Kier alpha value is -1.55. The van der Waals surface area contributed by atoms with Gasteiger partial charge in [0.1, 0.15) is 0 Å². The molecular formula is C11H14N2O2. The third kappa shape index (κ3) is 2.10. The van der Waals surface area contributed by atoms with Gasteiger partial charge in [-0.05, 0) is 11.6 Å². The zero-order valence-corrected chi connectivity index (χ0v) is 8.39. The lowest BCUT2D eigenvalue weighted by molar-refractivity contribution is -0.128. The van der Waals surface area contributed by atoms with Gasteiger partial charge in [0.15, 0.2) is 0 Å². The van der Waals surface area contributed by atoms with E-state index in [1.807, 2.05) is 24.3 Å². The molecule has 1 aromatic carbocycles. The molecule has 1 heterocycles. The second-order valence-corrected chi connectivity index (χ2v) is 3.83. The first-order valence-corrected chi connectivity index (χ1v) is 4.96. The van der Waals surface area contributed by atoms with Gasteiger partial charge in [-0.25, -0.2) is 0 Å². The number of carbonyl (C=O) groups excluding carboxylic acids is 1. The van der Waals surface area contributed by atoms with Crippen molar-refractivity contribution < 1.29 is 9.90 Å². The highest BCUT2D eigenvalue weighted by Gasteiger charge is 2.27. The SMILES string of the molecule is Nc1ccccc1CN1CC(O)CC1=O. The van der Waals surface area contributed by atoms with Crippen LogP contribution in [0.25, 0.3) is 0 Å². The third-order valence-corrected chi connectivity index (χ3v) is 2.61. The van der Waals surface area contributed by atoms with E-state index < -0.39 is 6.10 Å². The van der Waals surface area contributed by atoms with Crippen molar-refractivity contribution in [2.24, 2.45) is 0 Å². The van der Waals surface area contributed by atoms with Crippen molar-refractivity contribution in [3.8, 4) is 0 Å². The predicted molar refractivity (Wildman–Crippen MR) is 56.9 cm³/mol. The molecule has 3 N–H and O–H groups in total. The summed E-state index contributed by atoms with van der Waals surface area (Å²) in [5, 5.41) is 9.32. The molecule has 0 aromatic heterocycles. The van der Waals surface area contributed by atoms with E-state index in [-0.39, 0.29) is 12.3 Å². The fourth-order valence-electron chi connectivity index (χ4n) is 1.79. The number of likely N-dealkylation sites (tertiary alicyclic amines) is 1. The molecular weight excluding hydrogens is 192 g/mol. The maximum atomic E-state index is 11.4. The second kappa shape index (κ2) is 3.90. The van der Waals surface area contributed by atoms with Crippen LogP contribution in [0.15, 0.2) is 24.3 Å². The Kier molecular flexibility index (Phi) is 2.60. The average molecular weight is 206 g/mol. The number of β-amino-alcohol motifs (C(OH)–C–C–N with tert-alkyl or cyclic N) is 1. The molecule has 1 aliphatic heterocycles. The van der Waals surface area contributed by atoms with Crippen molar-refractivity contribution >= 4 is 11.6 Å². The molecule has 1 fully saturated rings. The van der Waals surface area contributed by atoms with Crippen LogP contribution in [0.3, 0.4) is 0 Å². The first kappa shape index (κ1) is 9.98. The normalized spacial score (nSPS) is 21.0. The number of amides is 1. The minimum Gasteiger partial charge on any atom is -0.398 e. The smallest absolute Gasteiger partial charge is 0.225 e. The van der Waals surface area contributed by atoms with Crippen LogP contribution in [0.4, 0.5) is 5.69 Å². The van der Waals surface area contributed by atoms with Gasteiger partial charge in [-0.2, -0.15) is 0 Å². The summed E-state index contributed by atoms with van der Waals surface area (Å²) in [6.45, 7) is 0.899. The first-order valence-electron chi connectivity index (χ1n) is 4.96. The van der Waals surface area contributed by atoms with Crippen LogP contribution in [0.2, 0.25) is 0 Å². The Bertz CT molecular complexity index is 379. The van der Waals surface area contributed by atoms with Gasteiger partial charge in [-0.1, -0.05) is 18.2 Å². The van der Waals surface area contributed by atoms with E-state index in [9.17, 15) is 9.90 Å². The molecule has 2 rings (SSSR count). The van der Waals surface area contributed by atoms with Crippen LogP contribution < -0.4 is 5.73 Å². The van der Waals surface area contributed by atoms with E-state index >= 15 is 0 Å². The molecule has 1 aliphatic rings. The van der Waals surface area contributed by atoms with Crippen molar-refractivity contribution in [3.63, 3.8) is 0 Å². The lowest BCUT2D eigenvalue weighted by Gasteiger charge is -2.16. The fraction of sp³-hybridized carbons (Fsp3) is 0.364. The Balaban J connectivity index is 2.09. The molecule has 1 atom stereocenters. The molecule has 15 heavy (non-hydrogen) atoms. The van der Waals surface area contributed by atoms with Crippen LogP contribution in [0.5, 0.6) is 0 Å². The van der Waals surface area contributed by atoms with Crippen LogP contribution in [0, 0.1) is 0 Å². The first-order chi connectivity index (χ1) is 7.16. The van der Waals surface area contributed by atoms with Gasteiger partial charge < -0.3 is 15.7 Å². The maximum Gasteiger partial charge on any atom is 0.225 e. The number of aliphatic hydroxyl groups excluding tert-OH is 1. The topological polar surface area (TPSA) is 66.6 Å². The fourth-order valence-corrected chi connectivity index (χ4v) is 1.79. The minimum absolute atomic E-state index is 0.00856. The van der Waals surface area contributed by atoms with Gasteiger partial charge in [0.25, 0.3) is 0 Å². The van der Waals surface area contributed by atoms with Gasteiger partial charge in [0.05, 0.1) is 12.5 Å². The number of nitrogens with two attached hydrogens (primary N) is 1. The van der Waals surface area contributed by atoms with E-state index in [0.29, 0.717) is 18.8 Å². The Morgan fingerprint density at radius 1 is 1.47 bits per heavy atom. The largest absolute Gasteiger partial charge is 0.398 e. The zero-order chi connectivity index (χ0) is 10.8. The molecule has 1 amide bonds. The van der Waals surface area contributed by atoms with Gasteiger partial charge in [0, 0.05) is 18.8 Å². The lowest BCUT2D eigenvalue weighted by atomic mass is 10.2. The molecule has 0 bridgehead atoms. The quantitative estimate of drug-likeness (QED) is 0.687. The standard InChI is InChI=1S/C11H14N2O2/c12-10-4-2-1-3-8(10)6-13-7-9(14)5-11(13)15/h1-4,9,14H,5-7,12H2. The molecule has 4 nitrogen and oxygen atoms in total. The molecule has 0 aliphatic carbocycles. The van der Waals surface area contributed by atoms with Crippen molar-refractivity contribution in [2.75, 3.05) is 12.3 Å². The molecule has 1 aromatic rings. The van der Waals surface area contributed by atoms with Crippen molar-refractivity contribution in [1.82, 2.24) is 4.90 Å². The van der Waals surface area contributed by atoms with Crippen LogP contribution in [-0.4, -0.2) is 28.6 Å². The molecule has 1 saturated heterocycles. The molecule has 4 heteroatoms. The number of para-hydroxylation sites is 1. The summed E-state index contributed by atoms with van der Waals surface area (Å²) in [7, 11) is 0. The third-order valence-electron chi connectivity index (χ3n) is 2.61. The summed E-state index contributed by atoms with van der Waals surface area (Å²) in [4.78, 5) is 13.1. The Labute approximate surface area is 88.3 Å². The van der Waals surface area contributed by atoms with Gasteiger partial charge >= 0.3 is 0 Å². The van der Waals surface area contributed by atoms with E-state index in [1.165, 1.54) is 0 Å². The average Bonchev–Trinajstić information content (AvgIpc) is 2.49. The monoisotopic (exact) mass is 206 g/mol. The highest BCUT2D eigenvalue weighted by Crippen LogP contribution is 2.18. The van der Waals surface area contributed by atoms with Crippen LogP contribution in [0.1, 0.15) is 12.0 Å².